The van der Waals surface area contributed by atoms with Crippen LogP contribution in [-0.2, 0) is 0 Å². The van der Waals surface area contributed by atoms with Crippen LogP contribution in [0.2, 0.25) is 5.02 Å². The number of ether oxygens (including phenoxy) is 2. The number of hydrogen-bond acceptors (Lipinski definition) is 6. The van der Waals surface area contributed by atoms with E-state index in [4.69, 9.17) is 26.8 Å². The van der Waals surface area contributed by atoms with Crippen molar-refractivity contribution in [3.05, 3.63) is 70.3 Å². The van der Waals surface area contributed by atoms with Crippen molar-refractivity contribution in [3.63, 3.8) is 0 Å². The molecule has 0 spiro atoms. The molecule has 1 aliphatic heterocycles. The molecule has 176 valence electrons. The molecule has 34 heavy (non-hydrogen) atoms. The zero-order valence-corrected chi connectivity index (χ0v) is 20.2. The molecule has 3 heterocycles. The number of primary amides is 1. The maximum atomic E-state index is 12.2. The van der Waals surface area contributed by atoms with E-state index in [9.17, 15) is 4.79 Å². The molecule has 5 rings (SSSR count). The highest BCUT2D eigenvalue weighted by atomic mass is 35.5. The monoisotopic (exact) mass is 496 g/mol. The number of aromatic nitrogens is 2. The van der Waals surface area contributed by atoms with E-state index in [-0.39, 0.29) is 12.2 Å². The summed E-state index contributed by atoms with van der Waals surface area (Å²) in [5.41, 5.74) is 8.23. The lowest BCUT2D eigenvalue weighted by atomic mass is 10.1. The van der Waals surface area contributed by atoms with Gasteiger partial charge in [0.25, 0.3) is 5.91 Å². The summed E-state index contributed by atoms with van der Waals surface area (Å²) in [5.74, 6) is 0.678. The smallest absolute Gasteiger partial charge is 0.262 e. The zero-order valence-electron chi connectivity index (χ0n) is 18.7. The topological polar surface area (TPSA) is 91.4 Å². The van der Waals surface area contributed by atoms with Gasteiger partial charge < -0.3 is 20.5 Å². The third-order valence-electron chi connectivity index (χ3n) is 5.90. The normalized spacial score (nSPS) is 15.4. The number of fused-ring (bicyclic) bond motifs is 1. The van der Waals surface area contributed by atoms with Crippen molar-refractivity contribution < 1.29 is 14.3 Å². The maximum absolute atomic E-state index is 12.2. The summed E-state index contributed by atoms with van der Waals surface area (Å²) >= 11 is 7.59. The SMILES string of the molecule is C[C@H](Oc1cc(-n2cnc3ccc(OC4CCNCC4)cc32)sc1C(N)=O)c1ccccc1Cl. The second-order valence-corrected chi connectivity index (χ2v) is 9.69. The Labute approximate surface area is 206 Å². The van der Waals surface area contributed by atoms with E-state index in [0.29, 0.717) is 15.6 Å². The second-order valence-electron chi connectivity index (χ2n) is 8.26. The van der Waals surface area contributed by atoms with E-state index in [0.717, 1.165) is 53.3 Å². The Hall–Kier alpha value is -3.07. The lowest BCUT2D eigenvalue weighted by Crippen LogP contribution is -2.34. The van der Waals surface area contributed by atoms with Gasteiger partial charge in [-0.3, -0.25) is 9.36 Å². The number of halogens is 1. The number of amides is 1. The van der Waals surface area contributed by atoms with Crippen molar-refractivity contribution in [2.24, 2.45) is 5.73 Å². The average Bonchev–Trinajstić information content (AvgIpc) is 3.44. The van der Waals surface area contributed by atoms with Gasteiger partial charge in [-0.1, -0.05) is 29.8 Å². The molecule has 2 aromatic carbocycles. The number of benzene rings is 2. The number of rotatable bonds is 7. The molecule has 1 aliphatic rings. The van der Waals surface area contributed by atoms with Gasteiger partial charge in [0.15, 0.2) is 0 Å². The van der Waals surface area contributed by atoms with Crippen molar-refractivity contribution in [3.8, 4) is 16.5 Å². The summed E-state index contributed by atoms with van der Waals surface area (Å²) in [4.78, 5) is 17.1. The van der Waals surface area contributed by atoms with Crippen molar-refractivity contribution in [2.75, 3.05) is 13.1 Å². The van der Waals surface area contributed by atoms with Crippen LogP contribution in [0, 0.1) is 0 Å². The molecule has 0 unspecified atom stereocenters. The molecule has 4 aromatic rings. The van der Waals surface area contributed by atoms with E-state index >= 15 is 0 Å². The average molecular weight is 497 g/mol. The van der Waals surface area contributed by atoms with Gasteiger partial charge in [0.2, 0.25) is 0 Å². The van der Waals surface area contributed by atoms with Crippen LogP contribution in [0.1, 0.15) is 41.1 Å². The molecule has 1 amide bonds. The number of nitrogens with two attached hydrogens (primary N) is 1. The van der Waals surface area contributed by atoms with E-state index in [1.54, 1.807) is 6.33 Å². The highest BCUT2D eigenvalue weighted by molar-refractivity contribution is 7.16. The molecule has 3 N–H and O–H groups in total. The first kappa shape index (κ1) is 22.7. The first-order valence-electron chi connectivity index (χ1n) is 11.2. The number of hydrogen-bond donors (Lipinski definition) is 2. The van der Waals surface area contributed by atoms with Crippen LogP contribution >= 0.6 is 22.9 Å². The first-order valence-corrected chi connectivity index (χ1v) is 12.4. The van der Waals surface area contributed by atoms with Crippen molar-refractivity contribution in [2.45, 2.75) is 32.0 Å². The fourth-order valence-corrected chi connectivity index (χ4v) is 5.36. The van der Waals surface area contributed by atoms with Gasteiger partial charge >= 0.3 is 0 Å². The summed E-state index contributed by atoms with van der Waals surface area (Å²) < 4.78 is 14.3. The molecule has 0 aliphatic carbocycles. The summed E-state index contributed by atoms with van der Waals surface area (Å²) in [5, 5.41) is 4.73. The minimum Gasteiger partial charge on any atom is -0.490 e. The van der Waals surface area contributed by atoms with Crippen LogP contribution in [0.5, 0.6) is 11.5 Å². The fourth-order valence-electron chi connectivity index (χ4n) is 4.14. The molecular formula is C25H25ClN4O3S. The molecular weight excluding hydrogens is 472 g/mol. The van der Waals surface area contributed by atoms with Gasteiger partial charge in [-0.15, -0.1) is 11.3 Å². The van der Waals surface area contributed by atoms with Gasteiger partial charge in [-0.05, 0) is 51.1 Å². The Morgan fingerprint density at radius 3 is 2.79 bits per heavy atom. The molecule has 1 fully saturated rings. The van der Waals surface area contributed by atoms with E-state index < -0.39 is 5.91 Å². The summed E-state index contributed by atoms with van der Waals surface area (Å²) in [7, 11) is 0. The Balaban J connectivity index is 1.46. The minimum atomic E-state index is -0.544. The van der Waals surface area contributed by atoms with E-state index in [1.165, 1.54) is 11.3 Å². The summed E-state index contributed by atoms with van der Waals surface area (Å²) in [6.45, 7) is 3.82. The summed E-state index contributed by atoms with van der Waals surface area (Å²) in [6, 6.07) is 15.2. The quantitative estimate of drug-likeness (QED) is 0.371. The maximum Gasteiger partial charge on any atom is 0.262 e. The van der Waals surface area contributed by atoms with Crippen LogP contribution in [0.25, 0.3) is 16.0 Å². The second kappa shape index (κ2) is 9.66. The zero-order chi connectivity index (χ0) is 23.7. The Bertz CT molecular complexity index is 1330. The van der Waals surface area contributed by atoms with Crippen molar-refractivity contribution in [1.82, 2.24) is 14.9 Å². The number of thiophene rings is 1. The van der Waals surface area contributed by atoms with Crippen LogP contribution < -0.4 is 20.5 Å². The Kier molecular flexibility index (Phi) is 6.45. The van der Waals surface area contributed by atoms with Crippen molar-refractivity contribution >= 4 is 39.9 Å². The van der Waals surface area contributed by atoms with Gasteiger partial charge in [0.05, 0.1) is 11.0 Å². The number of piperidine rings is 1. The Morgan fingerprint density at radius 1 is 1.24 bits per heavy atom. The molecule has 7 nitrogen and oxygen atoms in total. The number of nitrogens with zero attached hydrogens (tertiary/aromatic N) is 2. The molecule has 0 saturated carbocycles. The number of carbonyl (C=O) groups is 1. The van der Waals surface area contributed by atoms with Crippen LogP contribution in [0.15, 0.2) is 54.9 Å². The standard InChI is InChI=1S/C25H25ClN4O3S/c1-15(18-4-2-3-5-19(18)26)32-22-13-23(34-24(22)25(27)31)30-14-29-20-7-6-17(12-21(20)30)33-16-8-10-28-11-9-16/h2-7,12-16,28H,8-11H2,1H3,(H2,27,31)/t15-/m0/s1. The molecule has 2 aromatic heterocycles. The third-order valence-corrected chi connectivity index (χ3v) is 7.38. The van der Waals surface area contributed by atoms with Crippen LogP contribution in [-0.4, -0.2) is 34.7 Å². The first-order chi connectivity index (χ1) is 16.5. The predicted octanol–water partition coefficient (Wildman–Crippen LogP) is 5.11. The number of imidazole rings is 1. The summed E-state index contributed by atoms with van der Waals surface area (Å²) in [6.07, 6.45) is 3.53. The van der Waals surface area contributed by atoms with Crippen LogP contribution in [0.4, 0.5) is 0 Å². The lowest BCUT2D eigenvalue weighted by Gasteiger charge is -2.23. The van der Waals surface area contributed by atoms with E-state index in [2.05, 4.69) is 10.3 Å². The molecule has 0 bridgehead atoms. The minimum absolute atomic E-state index is 0.199. The van der Waals surface area contributed by atoms with Gasteiger partial charge in [-0.2, -0.15) is 0 Å². The van der Waals surface area contributed by atoms with Crippen molar-refractivity contribution in [1.29, 1.82) is 0 Å². The van der Waals surface area contributed by atoms with Gasteiger partial charge in [-0.25, -0.2) is 4.98 Å². The van der Waals surface area contributed by atoms with Gasteiger partial charge in [0, 0.05) is 22.7 Å². The van der Waals surface area contributed by atoms with Gasteiger partial charge in [0.1, 0.15) is 39.9 Å². The third kappa shape index (κ3) is 4.61. The molecule has 1 saturated heterocycles. The Morgan fingerprint density at radius 2 is 2.03 bits per heavy atom. The highest BCUT2D eigenvalue weighted by Gasteiger charge is 2.21. The number of nitrogens with one attached hydrogen (secondary N) is 1. The van der Waals surface area contributed by atoms with E-state index in [1.807, 2.05) is 60.0 Å². The number of carbonyl (C=O) groups excluding carboxylic acids is 1. The lowest BCUT2D eigenvalue weighted by molar-refractivity contribution is 0.0998. The fraction of sp³-hybridized carbons (Fsp3) is 0.280. The highest BCUT2D eigenvalue weighted by Crippen LogP contribution is 2.37. The van der Waals surface area contributed by atoms with Crippen LogP contribution in [0.3, 0.4) is 0 Å². The largest absolute Gasteiger partial charge is 0.490 e. The molecule has 9 heteroatoms. The predicted molar refractivity (Wildman–Crippen MR) is 134 cm³/mol. The molecule has 0 radical (unpaired) electrons. The molecule has 1 atom stereocenters.